The van der Waals surface area contributed by atoms with E-state index in [1.165, 1.54) is 12.1 Å². The smallest absolute Gasteiger partial charge is 0.276 e. The second kappa shape index (κ2) is 7.81. The molecule has 28 heavy (non-hydrogen) atoms. The average Bonchev–Trinajstić information content (AvgIpc) is 3.20. The lowest BCUT2D eigenvalue weighted by molar-refractivity contribution is 0.0736. The summed E-state index contributed by atoms with van der Waals surface area (Å²) in [5.74, 6) is 0.00190. The van der Waals surface area contributed by atoms with Crippen LogP contribution in [0, 0.1) is 5.82 Å². The molecular formula is C20H16Cl2FN3O2. The van der Waals surface area contributed by atoms with Gasteiger partial charge in [-0.3, -0.25) is 4.79 Å². The summed E-state index contributed by atoms with van der Waals surface area (Å²) in [5, 5.41) is 4.76. The van der Waals surface area contributed by atoms with Crippen molar-refractivity contribution in [2.24, 2.45) is 0 Å². The van der Waals surface area contributed by atoms with Gasteiger partial charge in [0.15, 0.2) is 11.5 Å². The van der Waals surface area contributed by atoms with Gasteiger partial charge in [-0.25, -0.2) is 4.39 Å². The van der Waals surface area contributed by atoms with Crippen molar-refractivity contribution >= 4 is 34.8 Å². The predicted molar refractivity (Wildman–Crippen MR) is 106 cm³/mol. The zero-order valence-electron chi connectivity index (χ0n) is 14.7. The molecule has 2 aromatic carbocycles. The molecule has 0 N–H and O–H groups in total. The molecule has 4 rings (SSSR count). The maximum atomic E-state index is 13.1. The average molecular weight is 420 g/mol. The van der Waals surface area contributed by atoms with E-state index in [1.54, 1.807) is 41.3 Å². The molecule has 0 unspecified atom stereocenters. The highest BCUT2D eigenvalue weighted by atomic mass is 35.5. The molecule has 1 aliphatic heterocycles. The van der Waals surface area contributed by atoms with Gasteiger partial charge in [-0.2, -0.15) is 0 Å². The summed E-state index contributed by atoms with van der Waals surface area (Å²) < 4.78 is 18.4. The molecule has 0 radical (unpaired) electrons. The zero-order valence-corrected chi connectivity index (χ0v) is 16.3. The first kappa shape index (κ1) is 18.8. The zero-order chi connectivity index (χ0) is 19.7. The Labute approximate surface area is 171 Å². The number of amides is 1. The number of benzene rings is 2. The Kier molecular flexibility index (Phi) is 5.24. The maximum Gasteiger partial charge on any atom is 0.276 e. The lowest BCUT2D eigenvalue weighted by atomic mass is 10.1. The van der Waals surface area contributed by atoms with Gasteiger partial charge in [0.05, 0.1) is 10.0 Å². The number of carbonyl (C=O) groups is 1. The van der Waals surface area contributed by atoms with E-state index in [4.69, 9.17) is 27.7 Å². The maximum absolute atomic E-state index is 13.1. The molecule has 1 saturated heterocycles. The molecule has 0 saturated carbocycles. The van der Waals surface area contributed by atoms with E-state index >= 15 is 0 Å². The van der Waals surface area contributed by atoms with Crippen molar-refractivity contribution in [3.8, 4) is 11.3 Å². The number of hydrogen-bond donors (Lipinski definition) is 0. The number of carbonyl (C=O) groups excluding carboxylic acids is 1. The first-order valence-corrected chi connectivity index (χ1v) is 9.49. The third kappa shape index (κ3) is 3.84. The predicted octanol–water partition coefficient (Wildman–Crippen LogP) is 4.75. The molecule has 0 atom stereocenters. The number of piperazine rings is 1. The van der Waals surface area contributed by atoms with Crippen LogP contribution in [0.5, 0.6) is 0 Å². The van der Waals surface area contributed by atoms with Crippen molar-refractivity contribution in [2.45, 2.75) is 0 Å². The summed E-state index contributed by atoms with van der Waals surface area (Å²) in [4.78, 5) is 16.6. The number of nitrogens with zero attached hydrogens (tertiary/aromatic N) is 3. The lowest BCUT2D eigenvalue weighted by Crippen LogP contribution is -2.48. The highest BCUT2D eigenvalue weighted by Gasteiger charge is 2.25. The number of aromatic nitrogens is 1. The molecule has 1 fully saturated rings. The Morgan fingerprint density at radius 1 is 0.964 bits per heavy atom. The minimum atomic E-state index is -0.263. The van der Waals surface area contributed by atoms with Gasteiger partial charge in [0.25, 0.3) is 5.91 Å². The van der Waals surface area contributed by atoms with E-state index < -0.39 is 0 Å². The molecule has 0 aliphatic carbocycles. The van der Waals surface area contributed by atoms with Crippen molar-refractivity contribution in [2.75, 3.05) is 31.1 Å². The van der Waals surface area contributed by atoms with Crippen LogP contribution in [0.1, 0.15) is 10.5 Å². The normalized spacial score (nSPS) is 14.4. The molecule has 5 nitrogen and oxygen atoms in total. The van der Waals surface area contributed by atoms with Crippen LogP contribution < -0.4 is 4.90 Å². The fourth-order valence-electron chi connectivity index (χ4n) is 3.14. The number of rotatable bonds is 3. The van der Waals surface area contributed by atoms with Crippen molar-refractivity contribution in [3.05, 3.63) is 70.1 Å². The molecule has 0 bridgehead atoms. The molecule has 144 valence electrons. The highest BCUT2D eigenvalue weighted by Crippen LogP contribution is 2.29. The van der Waals surface area contributed by atoms with E-state index in [-0.39, 0.29) is 17.4 Å². The summed E-state index contributed by atoms with van der Waals surface area (Å²) >= 11 is 12.0. The van der Waals surface area contributed by atoms with Crippen molar-refractivity contribution in [1.82, 2.24) is 10.1 Å². The number of hydrogen-bond acceptors (Lipinski definition) is 4. The van der Waals surface area contributed by atoms with Gasteiger partial charge in [-0.05, 0) is 42.5 Å². The van der Waals surface area contributed by atoms with Crippen LogP contribution in [-0.2, 0) is 0 Å². The van der Waals surface area contributed by atoms with Gasteiger partial charge in [-0.1, -0.05) is 28.4 Å². The van der Waals surface area contributed by atoms with Crippen LogP contribution in [0.15, 0.2) is 53.1 Å². The minimum Gasteiger partial charge on any atom is -0.368 e. The summed E-state index contributed by atoms with van der Waals surface area (Å²) in [6.07, 6.45) is 0. The molecular weight excluding hydrogens is 404 g/mol. The van der Waals surface area contributed by atoms with E-state index in [2.05, 4.69) is 10.1 Å². The first-order valence-electron chi connectivity index (χ1n) is 8.73. The van der Waals surface area contributed by atoms with Gasteiger partial charge in [-0.15, -0.1) is 0 Å². The molecule has 0 spiro atoms. The number of anilines is 1. The topological polar surface area (TPSA) is 49.6 Å². The van der Waals surface area contributed by atoms with Crippen molar-refractivity contribution in [1.29, 1.82) is 0 Å². The molecule has 2 heterocycles. The van der Waals surface area contributed by atoms with Crippen molar-refractivity contribution < 1.29 is 13.7 Å². The largest absolute Gasteiger partial charge is 0.368 e. The standard InChI is InChI=1S/C20H16Cl2FN3O2/c21-16-6-1-13(11-17(16)22)19-12-18(24-28-19)20(27)26-9-7-25(8-10-26)15-4-2-14(23)3-5-15/h1-6,11-12H,7-10H2. The van der Waals surface area contributed by atoms with Crippen LogP contribution in [0.2, 0.25) is 10.0 Å². The van der Waals surface area contributed by atoms with Crippen LogP contribution in [-0.4, -0.2) is 42.1 Å². The van der Waals surface area contributed by atoms with Gasteiger partial charge < -0.3 is 14.3 Å². The van der Waals surface area contributed by atoms with Crippen LogP contribution in [0.4, 0.5) is 10.1 Å². The third-order valence-corrected chi connectivity index (χ3v) is 5.43. The summed E-state index contributed by atoms with van der Waals surface area (Å²) in [5.41, 5.74) is 1.88. The molecule has 1 aromatic heterocycles. The number of halogens is 3. The Morgan fingerprint density at radius 3 is 2.36 bits per heavy atom. The molecule has 3 aromatic rings. The van der Waals surface area contributed by atoms with Gasteiger partial charge in [0, 0.05) is 43.5 Å². The fraction of sp³-hybridized carbons (Fsp3) is 0.200. The molecule has 8 heteroatoms. The van der Waals surface area contributed by atoms with E-state index in [1.807, 2.05) is 0 Å². The SMILES string of the molecule is O=C(c1cc(-c2ccc(Cl)c(Cl)c2)on1)N1CCN(c2ccc(F)cc2)CC1. The van der Waals surface area contributed by atoms with Gasteiger partial charge in [0.1, 0.15) is 5.82 Å². The van der Waals surface area contributed by atoms with E-state index in [9.17, 15) is 9.18 Å². The van der Waals surface area contributed by atoms with Crippen LogP contribution in [0.25, 0.3) is 11.3 Å². The monoisotopic (exact) mass is 419 g/mol. The second-order valence-corrected chi connectivity index (χ2v) is 7.28. The fourth-order valence-corrected chi connectivity index (χ4v) is 3.44. The Morgan fingerprint density at radius 2 is 1.68 bits per heavy atom. The second-order valence-electron chi connectivity index (χ2n) is 6.46. The van der Waals surface area contributed by atoms with Gasteiger partial charge in [0.2, 0.25) is 0 Å². The van der Waals surface area contributed by atoms with E-state index in [0.29, 0.717) is 47.5 Å². The summed E-state index contributed by atoms with van der Waals surface area (Å²) in [6.45, 7) is 2.42. The third-order valence-electron chi connectivity index (χ3n) is 4.69. The Bertz CT molecular complexity index is 999. The molecule has 1 amide bonds. The highest BCUT2D eigenvalue weighted by molar-refractivity contribution is 6.42. The Balaban J connectivity index is 1.42. The van der Waals surface area contributed by atoms with Crippen LogP contribution in [0.3, 0.4) is 0 Å². The quantitative estimate of drug-likeness (QED) is 0.614. The lowest BCUT2D eigenvalue weighted by Gasteiger charge is -2.35. The summed E-state index contributed by atoms with van der Waals surface area (Å²) in [6, 6.07) is 13.1. The van der Waals surface area contributed by atoms with Crippen molar-refractivity contribution in [3.63, 3.8) is 0 Å². The Hall–Kier alpha value is -2.57. The minimum absolute atomic E-state index is 0.186. The van der Waals surface area contributed by atoms with Gasteiger partial charge >= 0.3 is 0 Å². The van der Waals surface area contributed by atoms with Crippen LogP contribution >= 0.6 is 23.2 Å². The van der Waals surface area contributed by atoms with E-state index in [0.717, 1.165) is 5.69 Å². The molecule has 1 aliphatic rings. The first-order chi connectivity index (χ1) is 13.5. The summed E-state index contributed by atoms with van der Waals surface area (Å²) in [7, 11) is 0.